The highest BCUT2D eigenvalue weighted by atomic mass is 16.3. The molecule has 0 saturated heterocycles. The third-order valence-corrected chi connectivity index (χ3v) is 3.16. The van der Waals surface area contributed by atoms with Gasteiger partial charge >= 0.3 is 0 Å². The molecule has 0 radical (unpaired) electrons. The van der Waals surface area contributed by atoms with Gasteiger partial charge < -0.3 is 14.6 Å². The van der Waals surface area contributed by atoms with Crippen LogP contribution in [-0.2, 0) is 16.1 Å². The smallest absolute Gasteiger partial charge is 0.236 e. The minimum absolute atomic E-state index is 0.0322. The zero-order valence-electron chi connectivity index (χ0n) is 13.3. The Bertz CT molecular complexity index is 470. The Morgan fingerprint density at radius 3 is 2.48 bits per heavy atom. The summed E-state index contributed by atoms with van der Waals surface area (Å²) in [6, 6.07) is 3.74. The van der Waals surface area contributed by atoms with Crippen LogP contribution in [0.25, 0.3) is 0 Å². The number of hydrogen-bond donors (Lipinski definition) is 1. The summed E-state index contributed by atoms with van der Waals surface area (Å²) in [5, 5.41) is 2.73. The molecule has 6 heteroatoms. The van der Waals surface area contributed by atoms with E-state index in [0.717, 1.165) is 11.5 Å². The molecule has 0 unspecified atom stereocenters. The summed E-state index contributed by atoms with van der Waals surface area (Å²) in [7, 11) is 1.74. The molecular formula is C15H25N3O3. The normalized spacial score (nSPS) is 10.7. The van der Waals surface area contributed by atoms with Gasteiger partial charge in [-0.25, -0.2) is 0 Å². The molecule has 1 aromatic rings. The van der Waals surface area contributed by atoms with E-state index >= 15 is 0 Å². The van der Waals surface area contributed by atoms with E-state index in [0.29, 0.717) is 19.6 Å². The Morgan fingerprint density at radius 2 is 1.95 bits per heavy atom. The van der Waals surface area contributed by atoms with Crippen molar-refractivity contribution in [1.82, 2.24) is 15.1 Å². The van der Waals surface area contributed by atoms with Crippen LogP contribution in [0.5, 0.6) is 0 Å². The summed E-state index contributed by atoms with van der Waals surface area (Å²) in [6.45, 7) is 7.83. The van der Waals surface area contributed by atoms with Crippen molar-refractivity contribution in [2.45, 2.75) is 27.3 Å². The van der Waals surface area contributed by atoms with E-state index in [2.05, 4.69) is 5.32 Å². The van der Waals surface area contributed by atoms with E-state index in [4.69, 9.17) is 4.42 Å². The monoisotopic (exact) mass is 295 g/mol. The summed E-state index contributed by atoms with van der Waals surface area (Å²) in [4.78, 5) is 27.2. The van der Waals surface area contributed by atoms with Gasteiger partial charge in [0.1, 0.15) is 11.5 Å². The summed E-state index contributed by atoms with van der Waals surface area (Å²) >= 11 is 0. The maximum Gasteiger partial charge on any atom is 0.236 e. The van der Waals surface area contributed by atoms with Crippen molar-refractivity contribution in [2.24, 2.45) is 0 Å². The molecule has 0 aliphatic rings. The summed E-state index contributed by atoms with van der Waals surface area (Å²) < 4.78 is 5.46. The SMILES string of the molecule is CCNC(=O)CN(CC)CC(=O)N(C)Cc1ccc(C)o1. The van der Waals surface area contributed by atoms with Gasteiger partial charge in [0.25, 0.3) is 0 Å². The van der Waals surface area contributed by atoms with Crippen molar-refractivity contribution in [3.8, 4) is 0 Å². The molecule has 1 N–H and O–H groups in total. The number of amides is 2. The Hall–Kier alpha value is -1.82. The van der Waals surface area contributed by atoms with Gasteiger partial charge in [0.15, 0.2) is 0 Å². The summed E-state index contributed by atoms with van der Waals surface area (Å²) in [5.74, 6) is 1.50. The largest absolute Gasteiger partial charge is 0.464 e. The lowest BCUT2D eigenvalue weighted by molar-refractivity contribution is -0.132. The van der Waals surface area contributed by atoms with Crippen LogP contribution >= 0.6 is 0 Å². The van der Waals surface area contributed by atoms with Gasteiger partial charge in [0.2, 0.25) is 11.8 Å². The first-order chi connectivity index (χ1) is 9.96. The topological polar surface area (TPSA) is 65.8 Å². The fourth-order valence-electron chi connectivity index (χ4n) is 1.94. The highest BCUT2D eigenvalue weighted by Gasteiger charge is 2.16. The molecule has 1 aromatic heterocycles. The summed E-state index contributed by atoms with van der Waals surface area (Å²) in [5.41, 5.74) is 0. The number of rotatable bonds is 8. The molecular weight excluding hydrogens is 270 g/mol. The number of hydrogen-bond acceptors (Lipinski definition) is 4. The van der Waals surface area contributed by atoms with Crippen LogP contribution < -0.4 is 5.32 Å². The fourth-order valence-corrected chi connectivity index (χ4v) is 1.94. The zero-order valence-corrected chi connectivity index (χ0v) is 13.3. The predicted molar refractivity (Wildman–Crippen MR) is 80.7 cm³/mol. The van der Waals surface area contributed by atoms with Crippen LogP contribution in [0, 0.1) is 6.92 Å². The minimum Gasteiger partial charge on any atom is -0.464 e. The van der Waals surface area contributed by atoms with Gasteiger partial charge in [0, 0.05) is 13.6 Å². The van der Waals surface area contributed by atoms with E-state index in [1.807, 2.05) is 37.8 Å². The molecule has 0 atom stereocenters. The molecule has 118 valence electrons. The number of carbonyl (C=O) groups excluding carboxylic acids is 2. The highest BCUT2D eigenvalue weighted by molar-refractivity contribution is 5.81. The second-order valence-corrected chi connectivity index (χ2v) is 5.02. The summed E-state index contributed by atoms with van der Waals surface area (Å²) in [6.07, 6.45) is 0. The number of nitrogens with one attached hydrogen (secondary N) is 1. The lowest BCUT2D eigenvalue weighted by Crippen LogP contribution is -2.43. The van der Waals surface area contributed by atoms with Crippen LogP contribution in [0.3, 0.4) is 0 Å². The van der Waals surface area contributed by atoms with Crippen LogP contribution in [0.2, 0.25) is 0 Å². The standard InChI is InChI=1S/C15H25N3O3/c1-5-16-14(19)10-18(6-2)11-15(20)17(4)9-13-8-7-12(3)21-13/h7-8H,5-6,9-11H2,1-4H3,(H,16,19). The molecule has 0 bridgehead atoms. The molecule has 0 fully saturated rings. The third kappa shape index (κ3) is 5.99. The number of carbonyl (C=O) groups is 2. The highest BCUT2D eigenvalue weighted by Crippen LogP contribution is 2.08. The van der Waals surface area contributed by atoms with Crippen LogP contribution in [-0.4, -0.2) is 54.8 Å². The number of likely N-dealkylation sites (N-methyl/N-ethyl adjacent to an activating group) is 3. The van der Waals surface area contributed by atoms with Crippen molar-refractivity contribution in [2.75, 3.05) is 33.2 Å². The molecule has 2 amide bonds. The minimum atomic E-state index is -0.0588. The lowest BCUT2D eigenvalue weighted by Gasteiger charge is -2.23. The van der Waals surface area contributed by atoms with Crippen molar-refractivity contribution in [1.29, 1.82) is 0 Å². The lowest BCUT2D eigenvalue weighted by atomic mass is 10.3. The van der Waals surface area contributed by atoms with E-state index in [1.54, 1.807) is 11.9 Å². The third-order valence-electron chi connectivity index (χ3n) is 3.16. The van der Waals surface area contributed by atoms with E-state index in [9.17, 15) is 9.59 Å². The first-order valence-electron chi connectivity index (χ1n) is 7.24. The molecule has 6 nitrogen and oxygen atoms in total. The van der Waals surface area contributed by atoms with Gasteiger partial charge in [-0.05, 0) is 32.5 Å². The van der Waals surface area contributed by atoms with E-state index < -0.39 is 0 Å². The molecule has 1 heterocycles. The fraction of sp³-hybridized carbons (Fsp3) is 0.600. The Labute approximate surface area is 126 Å². The Morgan fingerprint density at radius 1 is 1.24 bits per heavy atom. The number of aryl methyl sites for hydroxylation is 1. The van der Waals surface area contributed by atoms with Crippen LogP contribution in [0.1, 0.15) is 25.4 Å². The second-order valence-electron chi connectivity index (χ2n) is 5.02. The molecule has 0 aliphatic heterocycles. The van der Waals surface area contributed by atoms with Crippen molar-refractivity contribution in [3.05, 3.63) is 23.7 Å². The van der Waals surface area contributed by atoms with Gasteiger partial charge in [0.05, 0.1) is 19.6 Å². The van der Waals surface area contributed by atoms with Gasteiger partial charge in [-0.1, -0.05) is 6.92 Å². The number of furan rings is 1. The first kappa shape index (κ1) is 17.2. The van der Waals surface area contributed by atoms with Gasteiger partial charge in [-0.3, -0.25) is 14.5 Å². The van der Waals surface area contributed by atoms with E-state index in [-0.39, 0.29) is 24.9 Å². The van der Waals surface area contributed by atoms with Gasteiger partial charge in [-0.15, -0.1) is 0 Å². The Balaban J connectivity index is 2.47. The molecule has 0 saturated carbocycles. The van der Waals surface area contributed by atoms with E-state index in [1.165, 1.54) is 0 Å². The van der Waals surface area contributed by atoms with Gasteiger partial charge in [-0.2, -0.15) is 0 Å². The molecule has 0 aromatic carbocycles. The van der Waals surface area contributed by atoms with Crippen molar-refractivity contribution in [3.63, 3.8) is 0 Å². The number of nitrogens with zero attached hydrogens (tertiary/aromatic N) is 2. The molecule has 1 rings (SSSR count). The maximum atomic E-state index is 12.2. The quantitative estimate of drug-likeness (QED) is 0.777. The molecule has 0 aliphatic carbocycles. The molecule has 0 spiro atoms. The van der Waals surface area contributed by atoms with Crippen molar-refractivity contribution < 1.29 is 14.0 Å². The molecule has 21 heavy (non-hydrogen) atoms. The Kier molecular flexibility index (Phi) is 6.94. The van der Waals surface area contributed by atoms with Crippen LogP contribution in [0.4, 0.5) is 0 Å². The average molecular weight is 295 g/mol. The second kappa shape index (κ2) is 8.46. The average Bonchev–Trinajstić information content (AvgIpc) is 2.83. The zero-order chi connectivity index (χ0) is 15.8. The first-order valence-corrected chi connectivity index (χ1v) is 7.24. The predicted octanol–water partition coefficient (Wildman–Crippen LogP) is 1.00. The van der Waals surface area contributed by atoms with Crippen molar-refractivity contribution >= 4 is 11.8 Å². The van der Waals surface area contributed by atoms with Crippen LogP contribution in [0.15, 0.2) is 16.5 Å². The maximum absolute atomic E-state index is 12.2.